The van der Waals surface area contributed by atoms with Crippen LogP contribution in [0, 0.1) is 13.8 Å². The van der Waals surface area contributed by atoms with Gasteiger partial charge in [-0.2, -0.15) is 5.10 Å². The van der Waals surface area contributed by atoms with Crippen molar-refractivity contribution in [3.63, 3.8) is 0 Å². The Hall–Kier alpha value is -2.36. The first kappa shape index (κ1) is 16.0. The fourth-order valence-electron chi connectivity index (χ4n) is 2.15. The van der Waals surface area contributed by atoms with Gasteiger partial charge in [0.2, 0.25) is 0 Å². The van der Waals surface area contributed by atoms with E-state index in [0.717, 1.165) is 5.56 Å². The van der Waals surface area contributed by atoms with E-state index in [-0.39, 0.29) is 11.3 Å². The molecule has 1 N–H and O–H groups in total. The van der Waals surface area contributed by atoms with Gasteiger partial charge in [-0.25, -0.2) is 5.43 Å². The third-order valence-corrected chi connectivity index (χ3v) is 3.44. The summed E-state index contributed by atoms with van der Waals surface area (Å²) in [4.78, 5) is 12.0. The summed E-state index contributed by atoms with van der Waals surface area (Å²) in [5.41, 5.74) is 5.35. The van der Waals surface area contributed by atoms with Gasteiger partial charge in [0.15, 0.2) is 0 Å². The molecule has 4 heteroatoms. The maximum absolute atomic E-state index is 12.0. The average Bonchev–Trinajstić information content (AvgIpc) is 2.77. The molecule has 1 aromatic carbocycles. The monoisotopic (exact) mass is 298 g/mol. The third-order valence-electron chi connectivity index (χ3n) is 3.44. The van der Waals surface area contributed by atoms with Gasteiger partial charge in [0, 0.05) is 0 Å². The van der Waals surface area contributed by atoms with E-state index in [1.165, 1.54) is 5.56 Å². The number of carbonyl (C=O) groups is 1. The standard InChI is InChI=1S/C18H22N2O2/c1-12-10-16(13(2)22-12)17(21)20-19-11-14-6-8-15(9-7-14)18(3,4)5/h6-11H,1-5H3,(H,20,21)/b19-11-. The van der Waals surface area contributed by atoms with Crippen LogP contribution in [-0.2, 0) is 5.41 Å². The van der Waals surface area contributed by atoms with Crippen LogP contribution in [0.5, 0.6) is 0 Å². The van der Waals surface area contributed by atoms with Crippen LogP contribution in [0.1, 0.15) is 53.8 Å². The minimum Gasteiger partial charge on any atom is -0.466 e. The Kier molecular flexibility index (Phi) is 4.50. The zero-order valence-electron chi connectivity index (χ0n) is 13.7. The number of amides is 1. The number of furan rings is 1. The molecule has 116 valence electrons. The predicted molar refractivity (Wildman–Crippen MR) is 88.4 cm³/mol. The molecule has 1 aromatic heterocycles. The van der Waals surface area contributed by atoms with E-state index >= 15 is 0 Å². The van der Waals surface area contributed by atoms with E-state index in [9.17, 15) is 4.79 Å². The highest BCUT2D eigenvalue weighted by molar-refractivity contribution is 5.95. The number of carbonyl (C=O) groups excluding carboxylic acids is 1. The van der Waals surface area contributed by atoms with Crippen molar-refractivity contribution in [2.24, 2.45) is 5.10 Å². The zero-order valence-corrected chi connectivity index (χ0v) is 13.7. The quantitative estimate of drug-likeness (QED) is 0.689. The average molecular weight is 298 g/mol. The van der Waals surface area contributed by atoms with Gasteiger partial charge in [-0.3, -0.25) is 4.79 Å². The van der Waals surface area contributed by atoms with Gasteiger partial charge in [-0.15, -0.1) is 0 Å². The van der Waals surface area contributed by atoms with Gasteiger partial charge in [0.1, 0.15) is 11.5 Å². The molecule has 0 aliphatic heterocycles. The van der Waals surface area contributed by atoms with E-state index in [1.807, 2.05) is 19.1 Å². The van der Waals surface area contributed by atoms with Crippen molar-refractivity contribution in [2.45, 2.75) is 40.0 Å². The highest BCUT2D eigenvalue weighted by atomic mass is 16.3. The number of rotatable bonds is 3. The summed E-state index contributed by atoms with van der Waals surface area (Å²) < 4.78 is 5.33. The van der Waals surface area contributed by atoms with Crippen LogP contribution in [0.3, 0.4) is 0 Å². The van der Waals surface area contributed by atoms with Crippen LogP contribution in [-0.4, -0.2) is 12.1 Å². The molecule has 0 fully saturated rings. The Morgan fingerprint density at radius 2 is 1.82 bits per heavy atom. The topological polar surface area (TPSA) is 54.6 Å². The zero-order chi connectivity index (χ0) is 16.3. The molecular weight excluding hydrogens is 276 g/mol. The molecule has 0 aliphatic carbocycles. The van der Waals surface area contributed by atoms with Gasteiger partial charge in [0.05, 0.1) is 11.8 Å². The van der Waals surface area contributed by atoms with E-state index in [2.05, 4.69) is 43.4 Å². The smallest absolute Gasteiger partial charge is 0.274 e. The Morgan fingerprint density at radius 3 is 2.32 bits per heavy atom. The first-order valence-corrected chi connectivity index (χ1v) is 7.28. The number of nitrogens with one attached hydrogen (secondary N) is 1. The largest absolute Gasteiger partial charge is 0.466 e. The highest BCUT2D eigenvalue weighted by Gasteiger charge is 2.13. The first-order chi connectivity index (χ1) is 10.3. The van der Waals surface area contributed by atoms with Crippen molar-refractivity contribution in [1.29, 1.82) is 0 Å². The Balaban J connectivity index is 2.01. The van der Waals surface area contributed by atoms with Crippen molar-refractivity contribution in [3.8, 4) is 0 Å². The number of hydrazone groups is 1. The van der Waals surface area contributed by atoms with Gasteiger partial charge in [0.25, 0.3) is 5.91 Å². The minimum atomic E-state index is -0.267. The van der Waals surface area contributed by atoms with Gasteiger partial charge < -0.3 is 4.42 Å². The Bertz CT molecular complexity index is 689. The lowest BCUT2D eigenvalue weighted by Gasteiger charge is -2.18. The second-order valence-electron chi connectivity index (χ2n) is 6.40. The van der Waals surface area contributed by atoms with Crippen molar-refractivity contribution in [1.82, 2.24) is 5.43 Å². The van der Waals surface area contributed by atoms with Crippen LogP contribution < -0.4 is 5.43 Å². The molecule has 1 amide bonds. The van der Waals surface area contributed by atoms with Crippen LogP contribution in [0.15, 0.2) is 39.9 Å². The van der Waals surface area contributed by atoms with Gasteiger partial charge >= 0.3 is 0 Å². The van der Waals surface area contributed by atoms with Gasteiger partial charge in [-0.1, -0.05) is 45.0 Å². The summed E-state index contributed by atoms with van der Waals surface area (Å²) in [7, 11) is 0. The summed E-state index contributed by atoms with van der Waals surface area (Å²) in [6, 6.07) is 9.84. The summed E-state index contributed by atoms with van der Waals surface area (Å²) in [6.07, 6.45) is 1.63. The lowest BCUT2D eigenvalue weighted by atomic mass is 9.87. The summed E-state index contributed by atoms with van der Waals surface area (Å²) in [5, 5.41) is 3.99. The Labute approximate surface area is 131 Å². The second-order valence-corrected chi connectivity index (χ2v) is 6.40. The van der Waals surface area contributed by atoms with Crippen molar-refractivity contribution >= 4 is 12.1 Å². The fraction of sp³-hybridized carbons (Fsp3) is 0.333. The molecule has 0 saturated heterocycles. The van der Waals surface area contributed by atoms with Gasteiger partial charge in [-0.05, 0) is 36.5 Å². The van der Waals surface area contributed by atoms with Crippen molar-refractivity contribution < 1.29 is 9.21 Å². The summed E-state index contributed by atoms with van der Waals surface area (Å²) in [6.45, 7) is 10.1. The molecule has 1 heterocycles. The normalized spacial score (nSPS) is 11.9. The highest BCUT2D eigenvalue weighted by Crippen LogP contribution is 2.21. The number of hydrogen-bond donors (Lipinski definition) is 1. The molecular formula is C18H22N2O2. The molecule has 2 rings (SSSR count). The lowest BCUT2D eigenvalue weighted by molar-refractivity contribution is 0.0953. The molecule has 0 atom stereocenters. The van der Waals surface area contributed by atoms with Crippen molar-refractivity contribution in [2.75, 3.05) is 0 Å². The Morgan fingerprint density at radius 1 is 1.18 bits per heavy atom. The number of aryl methyl sites for hydroxylation is 2. The summed E-state index contributed by atoms with van der Waals surface area (Å²) in [5.74, 6) is 1.04. The SMILES string of the molecule is Cc1cc(C(=O)N/N=C\c2ccc(C(C)(C)C)cc2)c(C)o1. The van der Waals surface area contributed by atoms with E-state index in [4.69, 9.17) is 4.42 Å². The van der Waals surface area contributed by atoms with E-state index in [1.54, 1.807) is 19.2 Å². The van der Waals surface area contributed by atoms with Crippen LogP contribution in [0.2, 0.25) is 0 Å². The third kappa shape index (κ3) is 3.85. The number of nitrogens with zero attached hydrogens (tertiary/aromatic N) is 1. The van der Waals surface area contributed by atoms with E-state index < -0.39 is 0 Å². The van der Waals surface area contributed by atoms with Crippen LogP contribution in [0.25, 0.3) is 0 Å². The molecule has 22 heavy (non-hydrogen) atoms. The maximum atomic E-state index is 12.0. The molecule has 0 unspecified atom stereocenters. The molecule has 0 spiro atoms. The van der Waals surface area contributed by atoms with Crippen molar-refractivity contribution in [3.05, 3.63) is 58.5 Å². The second kappa shape index (κ2) is 6.18. The first-order valence-electron chi connectivity index (χ1n) is 7.28. The predicted octanol–water partition coefficient (Wildman–Crippen LogP) is 3.96. The molecule has 0 radical (unpaired) electrons. The molecule has 0 bridgehead atoms. The lowest BCUT2D eigenvalue weighted by Crippen LogP contribution is -2.17. The molecule has 4 nitrogen and oxygen atoms in total. The molecule has 0 saturated carbocycles. The maximum Gasteiger partial charge on any atom is 0.274 e. The number of hydrogen-bond acceptors (Lipinski definition) is 3. The van der Waals surface area contributed by atoms with Crippen LogP contribution in [0.4, 0.5) is 0 Å². The minimum absolute atomic E-state index is 0.126. The number of benzene rings is 1. The fourth-order valence-corrected chi connectivity index (χ4v) is 2.15. The van der Waals surface area contributed by atoms with E-state index in [0.29, 0.717) is 17.1 Å². The summed E-state index contributed by atoms with van der Waals surface area (Å²) >= 11 is 0. The molecule has 2 aromatic rings. The molecule has 0 aliphatic rings. The van der Waals surface area contributed by atoms with Crippen LogP contribution >= 0.6 is 0 Å².